The standard InChI is InChI=1S/C92H82N6O/c1-88(2,3)60-45-50-93-85(53-60)98-83-55-62(96-77-31-15-14-27-69(77)72-30-22-36-82(87(72)96)97-78-32-16-12-25-67(78)68-26-13-17-33-79(68)97)39-41-70(83)71-42-40-64(56-84(71)98)99-63-24-20-23-61(54-63)94-57-95(81-35-19-18-34-80(81)94)86-65(58-37-43-73-75(51-58)91(8,9)48-46-89(73,4)5)28-21-29-66(86)59-38-44-74-76(52-59)92(10,11)49-47-90(74,6)7/h12-45,50-56H,46-49H2,1-11H3/i4D3,5D3,6D3,7D3,8D3,9D3,10D3,11D3,37D,38D,43D,44D,46D2,47D2,48D2,49D2,51D,52D. The van der Waals surface area contributed by atoms with Gasteiger partial charge in [-0.25, -0.2) is 4.98 Å². The summed E-state index contributed by atoms with van der Waals surface area (Å²) in [6, 6.07) is 51.1. The van der Waals surface area contributed by atoms with Crippen molar-refractivity contribution < 1.29 is 61.4 Å². The largest absolute Gasteiger partial charge is 0.458 e. The topological polar surface area (TPSA) is 45.7 Å². The van der Waals surface area contributed by atoms with E-state index in [0.29, 0.717) is 11.3 Å². The maximum Gasteiger partial charge on any atom is 0.269 e. The van der Waals surface area contributed by atoms with E-state index in [-0.39, 0.29) is 33.6 Å². The molecule has 0 saturated heterocycles. The van der Waals surface area contributed by atoms with Crippen LogP contribution < -0.4 is 9.30 Å². The highest BCUT2D eigenvalue weighted by molar-refractivity contribution is 6.16. The number of hydrogen-bond donors (Lipinski definition) is 0. The summed E-state index contributed by atoms with van der Waals surface area (Å²) < 4.78 is 372. The molecule has 0 N–H and O–H groups in total. The van der Waals surface area contributed by atoms with Crippen LogP contribution in [0.15, 0.2) is 249 Å². The van der Waals surface area contributed by atoms with Gasteiger partial charge in [0.15, 0.2) is 0 Å². The minimum Gasteiger partial charge on any atom is -0.458 e. The van der Waals surface area contributed by atoms with Gasteiger partial charge in [-0.1, -0.05) is 233 Å². The van der Waals surface area contributed by atoms with Gasteiger partial charge >= 0.3 is 0 Å². The van der Waals surface area contributed by atoms with Gasteiger partial charge in [0, 0.05) is 94.1 Å². The average Bonchev–Trinajstić information content (AvgIpc) is 1.00. The van der Waals surface area contributed by atoms with Crippen LogP contribution in [0.4, 0.5) is 0 Å². The van der Waals surface area contributed by atoms with E-state index >= 15 is 0 Å². The zero-order chi connectivity index (χ0) is 100. The number of fused-ring (bicyclic) bond motifs is 12. The number of rotatable bonds is 9. The Morgan fingerprint density at radius 2 is 0.970 bits per heavy atom. The highest BCUT2D eigenvalue weighted by Crippen LogP contribution is 2.51. The highest BCUT2D eigenvalue weighted by atomic mass is 16.5. The molecule has 0 fully saturated rings. The minimum absolute atomic E-state index is 0.0379. The van der Waals surface area contributed by atoms with E-state index in [9.17, 15) is 19.2 Å². The van der Waals surface area contributed by atoms with E-state index in [1.54, 1.807) is 24.4 Å². The predicted octanol–water partition coefficient (Wildman–Crippen LogP) is 23.5. The third-order valence-corrected chi connectivity index (χ3v) is 19.0. The van der Waals surface area contributed by atoms with Gasteiger partial charge in [0.25, 0.3) is 6.33 Å². The number of benzene rings is 11. The van der Waals surface area contributed by atoms with E-state index in [2.05, 4.69) is 114 Å². The van der Waals surface area contributed by atoms with Crippen LogP contribution in [0.25, 0.3) is 127 Å². The van der Waals surface area contributed by atoms with Gasteiger partial charge in [0.1, 0.15) is 17.3 Å². The summed E-state index contributed by atoms with van der Waals surface area (Å²) in [6.45, 7) is -30.3. The minimum atomic E-state index is -4.87. The molecule has 5 heterocycles. The number of para-hydroxylation sites is 7. The molecule has 0 atom stereocenters. The lowest BCUT2D eigenvalue weighted by Gasteiger charge is -2.42. The fourth-order valence-corrected chi connectivity index (χ4v) is 14.3. The first-order valence-corrected chi connectivity index (χ1v) is 32.0. The summed E-state index contributed by atoms with van der Waals surface area (Å²) in [6.07, 6.45) is -14.5. The molecule has 11 aromatic carbocycles. The van der Waals surface area contributed by atoms with Gasteiger partial charge in [-0.15, -0.1) is 0 Å². The Labute approximate surface area is 633 Å². The van der Waals surface area contributed by atoms with Crippen molar-refractivity contribution in [3.63, 3.8) is 0 Å². The Kier molecular flexibility index (Phi) is 7.23. The summed E-state index contributed by atoms with van der Waals surface area (Å²) in [5.41, 5.74) is -24.2. The zero-order valence-electron chi connectivity index (χ0n) is 91.3. The van der Waals surface area contributed by atoms with Crippen molar-refractivity contribution in [3.05, 3.63) is 283 Å². The monoisotopic (exact) mass is 1320 g/mol. The van der Waals surface area contributed by atoms with Gasteiger partial charge in [-0.2, -0.15) is 0 Å². The van der Waals surface area contributed by atoms with Crippen LogP contribution in [0.2, 0.25) is 0 Å². The van der Waals surface area contributed by atoms with E-state index < -0.39 is 188 Å². The van der Waals surface area contributed by atoms with Crippen molar-refractivity contribution in [1.29, 1.82) is 0 Å². The normalized spacial score (nSPS) is 24.3. The first kappa shape index (κ1) is 32.7. The number of hydrogen-bond acceptors (Lipinski definition) is 2. The molecule has 16 aromatic rings. The molecule has 486 valence electrons. The first-order valence-electron chi connectivity index (χ1n) is 51.0. The number of imidazole rings is 1. The third-order valence-electron chi connectivity index (χ3n) is 19.0. The molecule has 2 aliphatic rings. The second-order valence-corrected chi connectivity index (χ2v) is 26.3. The quantitative estimate of drug-likeness (QED) is 0.107. The molecule has 0 saturated carbocycles. The van der Waals surface area contributed by atoms with Crippen molar-refractivity contribution >= 4 is 76.5 Å². The molecule has 18 rings (SSSR count). The van der Waals surface area contributed by atoms with Crippen LogP contribution in [0.5, 0.6) is 11.5 Å². The van der Waals surface area contributed by atoms with Crippen molar-refractivity contribution in [1.82, 2.24) is 23.3 Å². The number of nitrogens with zero attached hydrogens (tertiary/aromatic N) is 6. The highest BCUT2D eigenvalue weighted by Gasteiger charge is 2.39. The van der Waals surface area contributed by atoms with Crippen LogP contribution in [0, 0.1) is 6.33 Å². The molecule has 2 aliphatic carbocycles. The SMILES string of the molecule is [2H]c1c([2H])c2c(c([2H])c1-c1cccc(-c3c([2H])c([2H])c4c(c3[2H])C(C([2H])([2H])[2H])(C([2H])([2H])[2H])C([2H])([2H])C([2H])([2H])C4(C([2H])([2H])[2H])C([2H])([2H])[2H])c1-[n+]1[c-]n(-c3cccc(Oc4ccc5c6ccc(-n7c8ccccc8c8cccc(-n9c%10ccccc%10c%10ccccc%109)c87)cc6n(-c6cc(C(C)(C)C)ccn6)c5c4)c3)c3ccccc31)C(C([2H])([2H])[2H])(C([2H])([2H])[2H])C([2H])([2H])C([2H])([2H])C2(C([2H])([2H])[2H])C([2H])([2H])[2H]. The van der Waals surface area contributed by atoms with Gasteiger partial charge in [-0.05, 0) is 182 Å². The average molecular weight is 1330 g/mol. The van der Waals surface area contributed by atoms with Gasteiger partial charge < -0.3 is 13.9 Å². The Hall–Kier alpha value is -10.8. The molecule has 99 heavy (non-hydrogen) atoms. The van der Waals surface area contributed by atoms with Gasteiger partial charge in [-0.3, -0.25) is 13.7 Å². The summed E-state index contributed by atoms with van der Waals surface area (Å²) in [5.74, 6) is 0.915. The second-order valence-electron chi connectivity index (χ2n) is 26.3. The molecule has 0 spiro atoms. The van der Waals surface area contributed by atoms with E-state index in [1.807, 2.05) is 60.7 Å². The summed E-state index contributed by atoms with van der Waals surface area (Å²) >= 11 is 0. The Morgan fingerprint density at radius 3 is 1.60 bits per heavy atom. The molecule has 0 aliphatic heterocycles. The Morgan fingerprint density at radius 1 is 0.455 bits per heavy atom. The van der Waals surface area contributed by atoms with Crippen LogP contribution in [-0.4, -0.2) is 23.3 Å². The van der Waals surface area contributed by atoms with Crippen molar-refractivity contribution in [2.75, 3.05) is 0 Å². The lowest BCUT2D eigenvalue weighted by molar-refractivity contribution is -0.571. The second kappa shape index (κ2) is 21.9. The van der Waals surface area contributed by atoms with Gasteiger partial charge in [0.2, 0.25) is 0 Å². The molecular formula is C92H82N6O. The summed E-state index contributed by atoms with van der Waals surface area (Å²) in [7, 11) is 0. The maximum absolute atomic E-state index is 10.5. The molecule has 5 aromatic heterocycles. The number of aromatic nitrogens is 6. The van der Waals surface area contributed by atoms with E-state index in [1.165, 1.54) is 41.0 Å². The fourth-order valence-electron chi connectivity index (χ4n) is 14.3. The van der Waals surface area contributed by atoms with E-state index in [0.717, 1.165) is 99.6 Å². The number of ether oxygens (including phenoxy) is 1. The van der Waals surface area contributed by atoms with Crippen LogP contribution >= 0.6 is 0 Å². The van der Waals surface area contributed by atoms with Crippen LogP contribution in [-0.2, 0) is 27.1 Å². The lowest BCUT2D eigenvalue weighted by Crippen LogP contribution is -2.34. The van der Waals surface area contributed by atoms with Crippen LogP contribution in [0.3, 0.4) is 0 Å². The smallest absolute Gasteiger partial charge is 0.269 e. The maximum atomic E-state index is 10.5. The Bertz CT molecular complexity index is 7500. The van der Waals surface area contributed by atoms with Crippen LogP contribution in [0.1, 0.15) is 181 Å². The van der Waals surface area contributed by atoms with E-state index in [4.69, 9.17) is 42.6 Å². The summed E-state index contributed by atoms with van der Waals surface area (Å²) in [4.78, 5) is 5.05. The van der Waals surface area contributed by atoms with Crippen molar-refractivity contribution in [3.8, 4) is 62.3 Å². The third kappa shape index (κ3) is 9.58. The molecule has 0 bridgehead atoms. The molecular weight excluding hydrogens is 1210 g/mol. The van der Waals surface area contributed by atoms with Crippen molar-refractivity contribution in [2.45, 2.75) is 128 Å². The molecule has 7 nitrogen and oxygen atoms in total. The molecule has 0 amide bonds. The zero-order valence-corrected chi connectivity index (χ0v) is 53.3. The van der Waals surface area contributed by atoms with Crippen molar-refractivity contribution in [2.24, 2.45) is 0 Å². The summed E-state index contributed by atoms with van der Waals surface area (Å²) in [5, 5.41) is 5.80. The molecule has 0 unspecified atom stereocenters. The Balaban J connectivity index is 0.896. The first-order chi connectivity index (χ1) is 63.3. The molecule has 0 radical (unpaired) electrons. The molecule has 7 heteroatoms. The predicted molar refractivity (Wildman–Crippen MR) is 411 cm³/mol. The van der Waals surface area contributed by atoms with Gasteiger partial charge in [0.05, 0.1) is 69.4 Å². The lowest BCUT2D eigenvalue weighted by atomic mass is 9.62. The fraction of sp³-hybridized carbons (Fsp3) is 0.217. The number of pyridine rings is 1.